The van der Waals surface area contributed by atoms with Crippen LogP contribution in [0, 0.1) is 11.8 Å². The minimum Gasteiger partial charge on any atom is -0.453 e. The Balaban J connectivity index is 2.34. The van der Waals surface area contributed by atoms with Gasteiger partial charge in [-0.05, 0) is 31.2 Å². The number of methoxy groups -OCH3 is 1. The monoisotopic (exact) mass is 200 g/mol. The number of carbonyl (C=O) groups excluding carboxylic acids is 1. The highest BCUT2D eigenvalue weighted by Crippen LogP contribution is 2.24. The third-order valence-corrected chi connectivity index (χ3v) is 3.15. The van der Waals surface area contributed by atoms with Crippen LogP contribution in [0.5, 0.6) is 0 Å². The number of nitrogens with zero attached hydrogens (tertiary/aromatic N) is 1. The number of hydrogen-bond acceptors (Lipinski definition) is 3. The van der Waals surface area contributed by atoms with Crippen LogP contribution in [0.2, 0.25) is 0 Å². The van der Waals surface area contributed by atoms with Gasteiger partial charge in [-0.1, -0.05) is 6.92 Å². The van der Waals surface area contributed by atoms with Gasteiger partial charge in [-0.2, -0.15) is 0 Å². The molecule has 1 heterocycles. The van der Waals surface area contributed by atoms with Crippen LogP contribution in [-0.4, -0.2) is 37.7 Å². The van der Waals surface area contributed by atoms with E-state index in [0.29, 0.717) is 11.8 Å². The van der Waals surface area contributed by atoms with Crippen molar-refractivity contribution in [3.63, 3.8) is 0 Å². The van der Waals surface area contributed by atoms with E-state index in [2.05, 4.69) is 11.7 Å². The summed E-state index contributed by atoms with van der Waals surface area (Å²) in [4.78, 5) is 13.0. The molecule has 1 atom stereocenters. The summed E-state index contributed by atoms with van der Waals surface area (Å²) in [7, 11) is 1.43. The lowest BCUT2D eigenvalue weighted by Crippen LogP contribution is -2.40. The van der Waals surface area contributed by atoms with E-state index in [1.807, 2.05) is 0 Å². The van der Waals surface area contributed by atoms with Crippen molar-refractivity contribution < 1.29 is 9.53 Å². The molecule has 14 heavy (non-hydrogen) atoms. The fraction of sp³-hybridized carbons (Fsp3) is 0.900. The number of hydrogen-bond donors (Lipinski definition) is 1. The molecular formula is C10H20N2O2. The molecule has 0 bridgehead atoms. The molecule has 4 nitrogen and oxygen atoms in total. The molecule has 2 N–H and O–H groups in total. The Bertz CT molecular complexity index is 189. The number of rotatable bonds is 2. The largest absolute Gasteiger partial charge is 0.453 e. The van der Waals surface area contributed by atoms with Gasteiger partial charge in [0.2, 0.25) is 0 Å². The van der Waals surface area contributed by atoms with Gasteiger partial charge in [0.15, 0.2) is 0 Å². The van der Waals surface area contributed by atoms with E-state index in [9.17, 15) is 4.79 Å². The second-order valence-corrected chi connectivity index (χ2v) is 4.01. The van der Waals surface area contributed by atoms with Gasteiger partial charge in [-0.3, -0.25) is 0 Å². The third-order valence-electron chi connectivity index (χ3n) is 3.15. The lowest BCUT2D eigenvalue weighted by molar-refractivity contribution is 0.0986. The predicted molar refractivity (Wildman–Crippen MR) is 54.9 cm³/mol. The predicted octanol–water partition coefficient (Wildman–Crippen LogP) is 1.06. The van der Waals surface area contributed by atoms with E-state index in [1.54, 1.807) is 4.90 Å². The average Bonchev–Trinajstić information content (AvgIpc) is 2.27. The molecule has 0 aromatic carbocycles. The summed E-state index contributed by atoms with van der Waals surface area (Å²) in [6.07, 6.45) is 1.89. The van der Waals surface area contributed by atoms with E-state index in [4.69, 9.17) is 5.73 Å². The van der Waals surface area contributed by atoms with Crippen LogP contribution in [-0.2, 0) is 4.74 Å². The first-order valence-corrected chi connectivity index (χ1v) is 5.22. The van der Waals surface area contributed by atoms with Gasteiger partial charge in [0.25, 0.3) is 0 Å². The maximum atomic E-state index is 11.2. The van der Waals surface area contributed by atoms with E-state index >= 15 is 0 Å². The van der Waals surface area contributed by atoms with E-state index in [-0.39, 0.29) is 6.09 Å². The molecule has 0 aliphatic carbocycles. The van der Waals surface area contributed by atoms with Crippen LogP contribution < -0.4 is 5.73 Å². The summed E-state index contributed by atoms with van der Waals surface area (Å²) >= 11 is 0. The van der Waals surface area contributed by atoms with Crippen LogP contribution in [0.15, 0.2) is 0 Å². The molecule has 1 rings (SSSR count). The van der Waals surface area contributed by atoms with Gasteiger partial charge in [-0.15, -0.1) is 0 Å². The molecule has 1 aliphatic heterocycles. The zero-order valence-electron chi connectivity index (χ0n) is 9.03. The molecule has 1 unspecified atom stereocenters. The number of amides is 1. The fourth-order valence-corrected chi connectivity index (χ4v) is 1.97. The number of piperidine rings is 1. The van der Waals surface area contributed by atoms with Gasteiger partial charge in [-0.25, -0.2) is 4.79 Å². The van der Waals surface area contributed by atoms with Gasteiger partial charge >= 0.3 is 6.09 Å². The van der Waals surface area contributed by atoms with E-state index < -0.39 is 0 Å². The van der Waals surface area contributed by atoms with Crippen LogP contribution in [0.25, 0.3) is 0 Å². The van der Waals surface area contributed by atoms with E-state index in [0.717, 1.165) is 32.5 Å². The number of carbonyl (C=O) groups is 1. The second kappa shape index (κ2) is 5.20. The topological polar surface area (TPSA) is 55.6 Å². The molecule has 1 amide bonds. The Morgan fingerprint density at radius 1 is 1.57 bits per heavy atom. The molecule has 0 saturated carbocycles. The zero-order valence-corrected chi connectivity index (χ0v) is 9.03. The van der Waals surface area contributed by atoms with Crippen molar-refractivity contribution in [2.75, 3.05) is 26.7 Å². The van der Waals surface area contributed by atoms with Crippen LogP contribution >= 0.6 is 0 Å². The minimum atomic E-state index is -0.205. The highest BCUT2D eigenvalue weighted by atomic mass is 16.5. The second-order valence-electron chi connectivity index (χ2n) is 4.01. The van der Waals surface area contributed by atoms with Gasteiger partial charge in [0, 0.05) is 13.1 Å². The fourth-order valence-electron chi connectivity index (χ4n) is 1.97. The summed E-state index contributed by atoms with van der Waals surface area (Å²) in [5.74, 6) is 1.23. The maximum Gasteiger partial charge on any atom is 0.409 e. The van der Waals surface area contributed by atoms with Crippen molar-refractivity contribution in [3.05, 3.63) is 0 Å². The molecule has 0 spiro atoms. The minimum absolute atomic E-state index is 0.205. The maximum absolute atomic E-state index is 11.2. The van der Waals surface area contributed by atoms with Crippen LogP contribution in [0.1, 0.15) is 19.8 Å². The summed E-state index contributed by atoms with van der Waals surface area (Å²) < 4.78 is 4.67. The lowest BCUT2D eigenvalue weighted by atomic mass is 9.86. The highest BCUT2D eigenvalue weighted by molar-refractivity contribution is 5.67. The Morgan fingerprint density at radius 2 is 2.14 bits per heavy atom. The molecule has 0 aromatic heterocycles. The number of nitrogens with two attached hydrogens (primary N) is 1. The highest BCUT2D eigenvalue weighted by Gasteiger charge is 2.25. The van der Waals surface area contributed by atoms with E-state index in [1.165, 1.54) is 7.11 Å². The molecule has 1 fully saturated rings. The third kappa shape index (κ3) is 2.61. The molecule has 4 heteroatoms. The number of likely N-dealkylation sites (tertiary alicyclic amines) is 1. The standard InChI is InChI=1S/C10H20N2O2/c1-8(7-11)9-3-5-12(6-4-9)10(13)14-2/h8-9H,3-7,11H2,1-2H3. The van der Waals surface area contributed by atoms with Gasteiger partial charge in [0.1, 0.15) is 0 Å². The van der Waals surface area contributed by atoms with Crippen molar-refractivity contribution in [3.8, 4) is 0 Å². The molecular weight excluding hydrogens is 180 g/mol. The van der Waals surface area contributed by atoms with Crippen molar-refractivity contribution in [1.29, 1.82) is 0 Å². The van der Waals surface area contributed by atoms with Crippen molar-refractivity contribution in [2.24, 2.45) is 17.6 Å². The first-order valence-electron chi connectivity index (χ1n) is 5.22. The SMILES string of the molecule is COC(=O)N1CCC(C(C)CN)CC1. The first kappa shape index (κ1) is 11.3. The molecule has 1 aliphatic rings. The Kier molecular flexibility index (Phi) is 4.20. The summed E-state index contributed by atoms with van der Waals surface area (Å²) in [6, 6.07) is 0. The lowest BCUT2D eigenvalue weighted by Gasteiger charge is -2.33. The first-order chi connectivity index (χ1) is 6.69. The Hall–Kier alpha value is -0.770. The van der Waals surface area contributed by atoms with Crippen LogP contribution in [0.3, 0.4) is 0 Å². The molecule has 0 radical (unpaired) electrons. The Labute approximate surface area is 85.4 Å². The summed E-state index contributed by atoms with van der Waals surface area (Å²) in [5.41, 5.74) is 5.62. The normalized spacial score (nSPS) is 20.6. The molecule has 82 valence electrons. The zero-order chi connectivity index (χ0) is 10.6. The van der Waals surface area contributed by atoms with Crippen molar-refractivity contribution in [1.82, 2.24) is 4.90 Å². The molecule has 1 saturated heterocycles. The quantitative estimate of drug-likeness (QED) is 0.725. The smallest absolute Gasteiger partial charge is 0.409 e. The average molecular weight is 200 g/mol. The summed E-state index contributed by atoms with van der Waals surface area (Å²) in [5, 5.41) is 0. The van der Waals surface area contributed by atoms with Gasteiger partial charge in [0.05, 0.1) is 7.11 Å². The number of ether oxygens (including phenoxy) is 1. The van der Waals surface area contributed by atoms with Crippen LogP contribution in [0.4, 0.5) is 4.79 Å². The van der Waals surface area contributed by atoms with Gasteiger partial charge < -0.3 is 15.4 Å². The van der Waals surface area contributed by atoms with Crippen molar-refractivity contribution >= 4 is 6.09 Å². The van der Waals surface area contributed by atoms with Crippen molar-refractivity contribution in [2.45, 2.75) is 19.8 Å². The molecule has 0 aromatic rings. The Morgan fingerprint density at radius 3 is 2.57 bits per heavy atom. The summed E-state index contributed by atoms with van der Waals surface area (Å²) in [6.45, 7) is 4.53.